The van der Waals surface area contributed by atoms with Gasteiger partial charge in [-0.05, 0) is 20.3 Å². The average Bonchev–Trinajstić information content (AvgIpc) is 1.81. The van der Waals surface area contributed by atoms with Crippen LogP contribution in [0.2, 0.25) is 0 Å². The van der Waals surface area contributed by atoms with E-state index in [1.807, 2.05) is 0 Å². The molecule has 1 aliphatic rings. The van der Waals surface area contributed by atoms with Crippen molar-refractivity contribution in [3.63, 3.8) is 0 Å². The molecule has 1 fully saturated rings. The van der Waals surface area contributed by atoms with Gasteiger partial charge in [-0.25, -0.2) is 0 Å². The summed E-state index contributed by atoms with van der Waals surface area (Å²) in [6.45, 7) is 5.67. The van der Waals surface area contributed by atoms with Crippen molar-refractivity contribution >= 4 is 5.91 Å². The van der Waals surface area contributed by atoms with E-state index >= 15 is 0 Å². The van der Waals surface area contributed by atoms with Crippen LogP contribution in [0, 0.1) is 0 Å². The first-order chi connectivity index (χ1) is 4.52. The zero-order chi connectivity index (χ0) is 7.78. The van der Waals surface area contributed by atoms with E-state index in [0.29, 0.717) is 6.54 Å². The van der Waals surface area contributed by atoms with Crippen molar-refractivity contribution in [2.75, 3.05) is 13.1 Å². The standard InChI is InChI=1S/C7H14N2O/c1-7(2)3-4-9(7)5-6(8)10/h3-5H2,1-2H3,(H2,8,10). The maximum atomic E-state index is 10.5. The molecule has 0 atom stereocenters. The van der Waals surface area contributed by atoms with Gasteiger partial charge in [0.2, 0.25) is 5.91 Å². The second-order valence-corrected chi connectivity index (χ2v) is 3.45. The molecule has 1 heterocycles. The molecule has 1 amide bonds. The highest BCUT2D eigenvalue weighted by Gasteiger charge is 2.35. The molecule has 0 unspecified atom stereocenters. The van der Waals surface area contributed by atoms with Gasteiger partial charge in [-0.1, -0.05) is 0 Å². The van der Waals surface area contributed by atoms with Crippen LogP contribution in [0.1, 0.15) is 20.3 Å². The highest BCUT2D eigenvalue weighted by Crippen LogP contribution is 2.28. The van der Waals surface area contributed by atoms with Gasteiger partial charge < -0.3 is 5.73 Å². The molecule has 58 valence electrons. The number of primary amides is 1. The lowest BCUT2D eigenvalue weighted by molar-refractivity contribution is -0.123. The molecule has 1 rings (SSSR count). The Labute approximate surface area is 61.2 Å². The largest absolute Gasteiger partial charge is 0.369 e. The smallest absolute Gasteiger partial charge is 0.231 e. The van der Waals surface area contributed by atoms with Gasteiger partial charge in [0.1, 0.15) is 0 Å². The summed E-state index contributed by atoms with van der Waals surface area (Å²) in [7, 11) is 0. The fourth-order valence-electron chi connectivity index (χ4n) is 1.20. The van der Waals surface area contributed by atoms with E-state index in [2.05, 4.69) is 18.7 Å². The van der Waals surface area contributed by atoms with Crippen molar-refractivity contribution < 1.29 is 4.79 Å². The normalized spacial score (nSPS) is 23.8. The van der Waals surface area contributed by atoms with Crippen LogP contribution in [0.25, 0.3) is 0 Å². The summed E-state index contributed by atoms with van der Waals surface area (Å²) < 4.78 is 0. The molecular formula is C7H14N2O. The summed E-state index contributed by atoms with van der Waals surface area (Å²) in [6.07, 6.45) is 1.17. The summed E-state index contributed by atoms with van der Waals surface area (Å²) >= 11 is 0. The molecule has 0 spiro atoms. The molecule has 10 heavy (non-hydrogen) atoms. The number of likely N-dealkylation sites (tertiary alicyclic amines) is 1. The molecule has 0 aromatic rings. The Morgan fingerprint density at radius 2 is 2.30 bits per heavy atom. The van der Waals surface area contributed by atoms with Gasteiger partial charge in [0.05, 0.1) is 6.54 Å². The van der Waals surface area contributed by atoms with Gasteiger partial charge in [0, 0.05) is 12.1 Å². The Morgan fingerprint density at radius 1 is 1.70 bits per heavy atom. The number of hydrogen-bond donors (Lipinski definition) is 1. The van der Waals surface area contributed by atoms with E-state index < -0.39 is 0 Å². The first-order valence-electron chi connectivity index (χ1n) is 3.56. The molecule has 0 aromatic heterocycles. The molecule has 0 aliphatic carbocycles. The lowest BCUT2D eigenvalue weighted by atomic mass is 9.89. The van der Waals surface area contributed by atoms with Crippen LogP contribution in [0.5, 0.6) is 0 Å². The van der Waals surface area contributed by atoms with Gasteiger partial charge >= 0.3 is 0 Å². The first kappa shape index (κ1) is 7.54. The van der Waals surface area contributed by atoms with E-state index in [1.165, 1.54) is 6.42 Å². The van der Waals surface area contributed by atoms with Crippen LogP contribution in [0.4, 0.5) is 0 Å². The van der Waals surface area contributed by atoms with Crippen molar-refractivity contribution in [1.29, 1.82) is 0 Å². The number of nitrogens with zero attached hydrogens (tertiary/aromatic N) is 1. The fraction of sp³-hybridized carbons (Fsp3) is 0.857. The van der Waals surface area contributed by atoms with Crippen molar-refractivity contribution in [2.45, 2.75) is 25.8 Å². The molecule has 0 bridgehead atoms. The summed E-state index contributed by atoms with van der Waals surface area (Å²) in [5.74, 6) is -0.229. The number of hydrogen-bond acceptors (Lipinski definition) is 2. The number of carbonyl (C=O) groups is 1. The Bertz CT molecular complexity index is 154. The van der Waals surface area contributed by atoms with Crippen molar-refractivity contribution in [3.8, 4) is 0 Å². The number of carbonyl (C=O) groups excluding carboxylic acids is 1. The Hall–Kier alpha value is -0.570. The minimum Gasteiger partial charge on any atom is -0.369 e. The molecule has 0 radical (unpaired) electrons. The van der Waals surface area contributed by atoms with Crippen LogP contribution in [-0.2, 0) is 4.79 Å². The molecule has 3 nitrogen and oxygen atoms in total. The highest BCUT2D eigenvalue weighted by molar-refractivity contribution is 5.76. The zero-order valence-corrected chi connectivity index (χ0v) is 6.55. The lowest BCUT2D eigenvalue weighted by Gasteiger charge is -2.47. The van der Waals surface area contributed by atoms with Crippen LogP contribution in [-0.4, -0.2) is 29.4 Å². The van der Waals surface area contributed by atoms with Crippen molar-refractivity contribution in [3.05, 3.63) is 0 Å². The molecular weight excluding hydrogens is 128 g/mol. The van der Waals surface area contributed by atoms with Crippen LogP contribution >= 0.6 is 0 Å². The molecule has 2 N–H and O–H groups in total. The third-order valence-electron chi connectivity index (χ3n) is 2.20. The Morgan fingerprint density at radius 3 is 2.40 bits per heavy atom. The van der Waals surface area contributed by atoms with Crippen molar-refractivity contribution in [2.24, 2.45) is 5.73 Å². The molecule has 1 saturated heterocycles. The molecule has 0 aromatic carbocycles. The van der Waals surface area contributed by atoms with Crippen LogP contribution in [0.3, 0.4) is 0 Å². The molecule has 0 saturated carbocycles. The van der Waals surface area contributed by atoms with Gasteiger partial charge in [-0.15, -0.1) is 0 Å². The summed E-state index contributed by atoms with van der Waals surface area (Å²) in [6, 6.07) is 0. The zero-order valence-electron chi connectivity index (χ0n) is 6.55. The van der Waals surface area contributed by atoms with E-state index in [4.69, 9.17) is 5.73 Å². The SMILES string of the molecule is CC1(C)CCN1CC(N)=O. The minimum absolute atomic E-state index is 0.203. The van der Waals surface area contributed by atoms with E-state index in [0.717, 1.165) is 6.54 Å². The van der Waals surface area contributed by atoms with Crippen molar-refractivity contribution in [1.82, 2.24) is 4.90 Å². The Kier molecular flexibility index (Phi) is 1.68. The van der Waals surface area contributed by atoms with Crippen LogP contribution in [0.15, 0.2) is 0 Å². The summed E-state index contributed by atoms with van der Waals surface area (Å²) in [5, 5.41) is 0. The maximum Gasteiger partial charge on any atom is 0.231 e. The lowest BCUT2D eigenvalue weighted by Crippen LogP contribution is -2.58. The predicted molar refractivity (Wildman–Crippen MR) is 39.5 cm³/mol. The second-order valence-electron chi connectivity index (χ2n) is 3.45. The summed E-state index contributed by atoms with van der Waals surface area (Å²) in [5.41, 5.74) is 5.25. The fourth-order valence-corrected chi connectivity index (χ4v) is 1.20. The average molecular weight is 142 g/mol. The topological polar surface area (TPSA) is 46.3 Å². The minimum atomic E-state index is -0.229. The van der Waals surface area contributed by atoms with Crippen LogP contribution < -0.4 is 5.73 Å². The third-order valence-corrected chi connectivity index (χ3v) is 2.20. The number of rotatable bonds is 2. The van der Waals surface area contributed by atoms with Gasteiger partial charge in [-0.3, -0.25) is 9.69 Å². The third kappa shape index (κ3) is 1.29. The first-order valence-corrected chi connectivity index (χ1v) is 3.56. The molecule has 3 heteroatoms. The maximum absolute atomic E-state index is 10.5. The predicted octanol–water partition coefficient (Wildman–Crippen LogP) is -0.0440. The van der Waals surface area contributed by atoms with E-state index in [9.17, 15) is 4.79 Å². The van der Waals surface area contributed by atoms with E-state index in [1.54, 1.807) is 0 Å². The second kappa shape index (κ2) is 2.23. The van der Waals surface area contributed by atoms with Gasteiger partial charge in [0.25, 0.3) is 0 Å². The van der Waals surface area contributed by atoms with E-state index in [-0.39, 0.29) is 11.4 Å². The van der Waals surface area contributed by atoms with Gasteiger partial charge in [0.15, 0.2) is 0 Å². The number of amides is 1. The summed E-state index contributed by atoms with van der Waals surface area (Å²) in [4.78, 5) is 12.6. The Balaban J connectivity index is 2.37. The quantitative estimate of drug-likeness (QED) is 0.588. The van der Waals surface area contributed by atoms with Gasteiger partial charge in [-0.2, -0.15) is 0 Å². The highest BCUT2D eigenvalue weighted by atomic mass is 16.1. The molecule has 1 aliphatic heterocycles. The monoisotopic (exact) mass is 142 g/mol. The number of nitrogens with two attached hydrogens (primary N) is 1.